The molecule has 1 aromatic heterocycles. The molecule has 2 unspecified atom stereocenters. The minimum Gasteiger partial charge on any atom is -0.462 e. The maximum Gasteiger partial charge on any atom is 0.339 e. The number of hydrogen-bond donors (Lipinski definition) is 1. The van der Waals surface area contributed by atoms with Crippen LogP contribution in [0.15, 0.2) is 18.3 Å². The fourth-order valence-electron chi connectivity index (χ4n) is 3.07. The average molecular weight is 291 g/mol. The second kappa shape index (κ2) is 7.41. The molecule has 1 saturated carbocycles. The number of aromatic nitrogens is 1. The van der Waals surface area contributed by atoms with Gasteiger partial charge in [-0.2, -0.15) is 0 Å². The lowest BCUT2D eigenvalue weighted by Crippen LogP contribution is -2.43. The molecular weight excluding hydrogens is 266 g/mol. The van der Waals surface area contributed by atoms with Crippen molar-refractivity contribution in [2.75, 3.05) is 25.1 Å². The van der Waals surface area contributed by atoms with E-state index in [-0.39, 0.29) is 5.97 Å². The second-order valence-electron chi connectivity index (χ2n) is 5.58. The van der Waals surface area contributed by atoms with Gasteiger partial charge in [0.1, 0.15) is 5.82 Å². The standard InChI is InChI=1S/C16H25N3O2/c1-3-21-16(20)13-8-9-15(18-11-13)19(2)14-7-5-4-6-12(14)10-17/h8-9,11-12,14H,3-7,10,17H2,1-2H3. The number of carbonyl (C=O) groups excluding carboxylic acids is 1. The van der Waals surface area contributed by atoms with E-state index in [2.05, 4.69) is 16.9 Å². The predicted molar refractivity (Wildman–Crippen MR) is 83.4 cm³/mol. The highest BCUT2D eigenvalue weighted by atomic mass is 16.5. The molecule has 0 spiro atoms. The maximum atomic E-state index is 11.6. The van der Waals surface area contributed by atoms with E-state index in [9.17, 15) is 4.79 Å². The Kier molecular flexibility index (Phi) is 5.56. The van der Waals surface area contributed by atoms with Gasteiger partial charge in [0.05, 0.1) is 12.2 Å². The van der Waals surface area contributed by atoms with Crippen molar-refractivity contribution in [2.45, 2.75) is 38.6 Å². The molecule has 21 heavy (non-hydrogen) atoms. The zero-order valence-electron chi connectivity index (χ0n) is 12.9. The molecule has 1 fully saturated rings. The minimum atomic E-state index is -0.322. The summed E-state index contributed by atoms with van der Waals surface area (Å²) in [4.78, 5) is 18.2. The normalized spacial score (nSPS) is 21.9. The fraction of sp³-hybridized carbons (Fsp3) is 0.625. The molecule has 0 aromatic carbocycles. The molecule has 2 atom stereocenters. The lowest BCUT2D eigenvalue weighted by Gasteiger charge is -2.38. The third kappa shape index (κ3) is 3.73. The number of anilines is 1. The van der Waals surface area contributed by atoms with E-state index in [0.29, 0.717) is 24.1 Å². The molecule has 2 N–H and O–H groups in total. The van der Waals surface area contributed by atoms with Crippen LogP contribution < -0.4 is 10.6 Å². The van der Waals surface area contributed by atoms with Gasteiger partial charge >= 0.3 is 5.97 Å². The highest BCUT2D eigenvalue weighted by Crippen LogP contribution is 2.29. The average Bonchev–Trinajstić information content (AvgIpc) is 2.54. The lowest BCUT2D eigenvalue weighted by molar-refractivity contribution is 0.0526. The van der Waals surface area contributed by atoms with Gasteiger partial charge in [-0.05, 0) is 44.4 Å². The Morgan fingerprint density at radius 1 is 1.43 bits per heavy atom. The SMILES string of the molecule is CCOC(=O)c1ccc(N(C)C2CCCCC2CN)nc1. The Morgan fingerprint density at radius 2 is 2.19 bits per heavy atom. The molecule has 5 heteroatoms. The van der Waals surface area contributed by atoms with E-state index in [1.54, 1.807) is 19.2 Å². The van der Waals surface area contributed by atoms with Gasteiger partial charge in [-0.1, -0.05) is 12.8 Å². The zero-order valence-corrected chi connectivity index (χ0v) is 12.9. The van der Waals surface area contributed by atoms with Gasteiger partial charge < -0.3 is 15.4 Å². The van der Waals surface area contributed by atoms with Gasteiger partial charge in [0.2, 0.25) is 0 Å². The van der Waals surface area contributed by atoms with E-state index in [0.717, 1.165) is 18.8 Å². The van der Waals surface area contributed by atoms with Gasteiger partial charge in [0, 0.05) is 19.3 Å². The summed E-state index contributed by atoms with van der Waals surface area (Å²) < 4.78 is 4.97. The largest absolute Gasteiger partial charge is 0.462 e. The first kappa shape index (κ1) is 15.8. The second-order valence-corrected chi connectivity index (χ2v) is 5.58. The molecule has 5 nitrogen and oxygen atoms in total. The van der Waals surface area contributed by atoms with Crippen LogP contribution in [-0.4, -0.2) is 37.2 Å². The van der Waals surface area contributed by atoms with Gasteiger partial charge in [0.15, 0.2) is 0 Å². The number of nitrogens with two attached hydrogens (primary N) is 1. The first-order valence-electron chi connectivity index (χ1n) is 7.73. The van der Waals surface area contributed by atoms with E-state index < -0.39 is 0 Å². The summed E-state index contributed by atoms with van der Waals surface area (Å²) in [5, 5.41) is 0. The molecule has 1 aliphatic rings. The minimum absolute atomic E-state index is 0.322. The quantitative estimate of drug-likeness (QED) is 0.842. The summed E-state index contributed by atoms with van der Waals surface area (Å²) in [7, 11) is 2.06. The number of nitrogens with zero attached hydrogens (tertiary/aromatic N) is 2. The van der Waals surface area contributed by atoms with E-state index >= 15 is 0 Å². The topological polar surface area (TPSA) is 68.5 Å². The number of carbonyl (C=O) groups is 1. The highest BCUT2D eigenvalue weighted by molar-refractivity contribution is 5.89. The van der Waals surface area contributed by atoms with E-state index in [1.807, 2.05) is 6.07 Å². The fourth-order valence-corrected chi connectivity index (χ4v) is 3.07. The van der Waals surface area contributed by atoms with Crippen LogP contribution in [0.1, 0.15) is 43.0 Å². The van der Waals surface area contributed by atoms with Crippen molar-refractivity contribution in [1.29, 1.82) is 0 Å². The maximum absolute atomic E-state index is 11.6. The molecule has 1 aliphatic carbocycles. The molecule has 1 heterocycles. The Morgan fingerprint density at radius 3 is 2.81 bits per heavy atom. The van der Waals surface area contributed by atoms with Crippen LogP contribution >= 0.6 is 0 Å². The third-order valence-corrected chi connectivity index (χ3v) is 4.29. The van der Waals surface area contributed by atoms with E-state index in [4.69, 9.17) is 10.5 Å². The summed E-state index contributed by atoms with van der Waals surface area (Å²) in [6.07, 6.45) is 6.43. The van der Waals surface area contributed by atoms with Crippen molar-refractivity contribution in [3.8, 4) is 0 Å². The first-order valence-corrected chi connectivity index (χ1v) is 7.73. The van der Waals surface area contributed by atoms with E-state index in [1.165, 1.54) is 19.3 Å². The Hall–Kier alpha value is -1.62. The van der Waals surface area contributed by atoms with Gasteiger partial charge in [0.25, 0.3) is 0 Å². The van der Waals surface area contributed by atoms with Crippen LogP contribution in [0.2, 0.25) is 0 Å². The summed E-state index contributed by atoms with van der Waals surface area (Å²) in [5.41, 5.74) is 6.39. The molecule has 0 bridgehead atoms. The first-order chi connectivity index (χ1) is 10.2. The highest BCUT2D eigenvalue weighted by Gasteiger charge is 2.28. The van der Waals surface area contributed by atoms with Crippen molar-refractivity contribution in [3.05, 3.63) is 23.9 Å². The smallest absolute Gasteiger partial charge is 0.339 e. The Labute approximate surface area is 126 Å². The molecule has 0 amide bonds. The lowest BCUT2D eigenvalue weighted by atomic mass is 9.84. The third-order valence-electron chi connectivity index (χ3n) is 4.29. The number of esters is 1. The van der Waals surface area contributed by atoms with Crippen LogP contribution in [-0.2, 0) is 4.74 Å². The van der Waals surface area contributed by atoms with Crippen molar-refractivity contribution >= 4 is 11.8 Å². The molecule has 2 rings (SSSR count). The van der Waals surface area contributed by atoms with Gasteiger partial charge in [-0.15, -0.1) is 0 Å². The molecule has 0 saturated heterocycles. The monoisotopic (exact) mass is 291 g/mol. The van der Waals surface area contributed by atoms with Crippen LogP contribution in [0.25, 0.3) is 0 Å². The van der Waals surface area contributed by atoms with Gasteiger partial charge in [-0.25, -0.2) is 9.78 Å². The summed E-state index contributed by atoms with van der Waals surface area (Å²) in [6, 6.07) is 4.09. The van der Waals surface area contributed by atoms with Crippen LogP contribution in [0.4, 0.5) is 5.82 Å². The summed E-state index contributed by atoms with van der Waals surface area (Å²) in [6.45, 7) is 2.89. The molecular formula is C16H25N3O2. The number of ether oxygens (including phenoxy) is 1. The zero-order chi connectivity index (χ0) is 15.2. The van der Waals surface area contributed by atoms with Crippen LogP contribution in [0.3, 0.4) is 0 Å². The number of rotatable bonds is 5. The molecule has 116 valence electrons. The van der Waals surface area contributed by atoms with Crippen molar-refractivity contribution in [2.24, 2.45) is 11.7 Å². The molecule has 0 aliphatic heterocycles. The van der Waals surface area contributed by atoms with Crippen molar-refractivity contribution in [3.63, 3.8) is 0 Å². The number of hydrogen-bond acceptors (Lipinski definition) is 5. The molecule has 1 aromatic rings. The van der Waals surface area contributed by atoms with Crippen LogP contribution in [0.5, 0.6) is 0 Å². The van der Waals surface area contributed by atoms with Gasteiger partial charge in [-0.3, -0.25) is 0 Å². The van der Waals surface area contributed by atoms with Crippen LogP contribution in [0, 0.1) is 5.92 Å². The van der Waals surface area contributed by atoms with Crippen molar-refractivity contribution < 1.29 is 9.53 Å². The summed E-state index contributed by atoms with van der Waals surface area (Å²) in [5.74, 6) is 1.08. The molecule has 0 radical (unpaired) electrons. The Balaban J connectivity index is 2.08. The Bertz CT molecular complexity index is 461. The van der Waals surface area contributed by atoms with Crippen molar-refractivity contribution in [1.82, 2.24) is 4.98 Å². The summed E-state index contributed by atoms with van der Waals surface area (Å²) >= 11 is 0. The number of pyridine rings is 1. The predicted octanol–water partition coefficient (Wildman–Crippen LogP) is 2.21.